The van der Waals surface area contributed by atoms with Crippen LogP contribution in [0.1, 0.15) is 58.7 Å². The summed E-state index contributed by atoms with van der Waals surface area (Å²) in [6, 6.07) is 9.06. The van der Waals surface area contributed by atoms with Gasteiger partial charge in [-0.25, -0.2) is 9.97 Å². The van der Waals surface area contributed by atoms with Gasteiger partial charge in [0.25, 0.3) is 11.5 Å². The fraction of sp³-hybridized carbons (Fsp3) is 0.321. The van der Waals surface area contributed by atoms with Crippen molar-refractivity contribution >= 4 is 23.2 Å². The van der Waals surface area contributed by atoms with Crippen molar-refractivity contribution in [3.05, 3.63) is 80.6 Å². The number of nitrogens with zero attached hydrogens (tertiary/aromatic N) is 6. The molecule has 1 atom stereocenters. The van der Waals surface area contributed by atoms with Crippen LogP contribution in [0.25, 0.3) is 11.4 Å². The van der Waals surface area contributed by atoms with Gasteiger partial charge in [0.1, 0.15) is 11.9 Å². The lowest BCUT2D eigenvalue weighted by atomic mass is 9.91. The first-order chi connectivity index (χ1) is 18.8. The van der Waals surface area contributed by atoms with E-state index in [0.717, 1.165) is 30.5 Å². The van der Waals surface area contributed by atoms with Crippen LogP contribution in [0.2, 0.25) is 5.02 Å². The second-order valence-electron chi connectivity index (χ2n) is 9.83. The van der Waals surface area contributed by atoms with Crippen molar-refractivity contribution in [2.24, 2.45) is 7.05 Å². The fourth-order valence-corrected chi connectivity index (χ4v) is 5.51. The molecular weight excluding hydrogens is 520 g/mol. The highest BCUT2D eigenvalue weighted by atomic mass is 35.5. The van der Waals surface area contributed by atoms with Crippen LogP contribution >= 0.6 is 11.6 Å². The average molecular weight is 547 g/mol. The molecule has 0 radical (unpaired) electrons. The van der Waals surface area contributed by atoms with Gasteiger partial charge in [0, 0.05) is 36.1 Å². The summed E-state index contributed by atoms with van der Waals surface area (Å²) in [7, 11) is 4.70. The molecule has 39 heavy (non-hydrogen) atoms. The van der Waals surface area contributed by atoms with E-state index in [2.05, 4.69) is 14.5 Å². The van der Waals surface area contributed by atoms with E-state index in [-0.39, 0.29) is 23.5 Å². The topological polar surface area (TPSA) is 104 Å². The molecule has 0 saturated heterocycles. The predicted molar refractivity (Wildman–Crippen MR) is 146 cm³/mol. The van der Waals surface area contributed by atoms with Gasteiger partial charge in [0.2, 0.25) is 5.88 Å². The third-order valence-electron chi connectivity index (χ3n) is 7.49. The van der Waals surface area contributed by atoms with E-state index in [9.17, 15) is 9.59 Å². The molecule has 0 bridgehead atoms. The number of pyridine rings is 1. The summed E-state index contributed by atoms with van der Waals surface area (Å²) in [6.45, 7) is 1.75. The predicted octanol–water partition coefficient (Wildman–Crippen LogP) is 4.49. The lowest BCUT2D eigenvalue weighted by Crippen LogP contribution is -2.32. The van der Waals surface area contributed by atoms with E-state index < -0.39 is 6.04 Å². The molecule has 1 unspecified atom stereocenters. The van der Waals surface area contributed by atoms with Crippen LogP contribution in [0, 0.1) is 6.92 Å². The summed E-state index contributed by atoms with van der Waals surface area (Å²) >= 11 is 6.24. The van der Waals surface area contributed by atoms with E-state index in [4.69, 9.17) is 26.1 Å². The SMILES string of the molecule is COc1ncc(-c2nc3c(n2C2CCC2)C(c2ccc(Cl)cc2)N(c2cc(C)c(=O)n(C)c2)C3=O)c(OC)n1. The summed E-state index contributed by atoms with van der Waals surface area (Å²) in [5.41, 5.74) is 3.63. The van der Waals surface area contributed by atoms with Gasteiger partial charge in [-0.1, -0.05) is 23.7 Å². The summed E-state index contributed by atoms with van der Waals surface area (Å²) in [4.78, 5) is 41.9. The Hall–Kier alpha value is -4.18. The van der Waals surface area contributed by atoms with E-state index in [1.807, 2.05) is 24.3 Å². The first-order valence-electron chi connectivity index (χ1n) is 12.7. The zero-order chi connectivity index (χ0) is 27.4. The van der Waals surface area contributed by atoms with Crippen LogP contribution in [0.3, 0.4) is 0 Å². The number of aryl methyl sites for hydroxylation is 2. The largest absolute Gasteiger partial charge is 0.480 e. The summed E-state index contributed by atoms with van der Waals surface area (Å²) in [5.74, 6) is 0.635. The molecule has 0 spiro atoms. The Bertz CT molecular complexity index is 1630. The smallest absolute Gasteiger partial charge is 0.319 e. The number of rotatable bonds is 6. The summed E-state index contributed by atoms with van der Waals surface area (Å²) in [6.07, 6.45) is 6.30. The fourth-order valence-electron chi connectivity index (χ4n) is 5.39. The molecule has 1 fully saturated rings. The zero-order valence-electron chi connectivity index (χ0n) is 22.0. The maximum atomic E-state index is 14.2. The van der Waals surface area contributed by atoms with Crippen molar-refractivity contribution in [3.8, 4) is 23.3 Å². The summed E-state index contributed by atoms with van der Waals surface area (Å²) < 4.78 is 14.4. The number of imidazole rings is 1. The van der Waals surface area contributed by atoms with Crippen LogP contribution < -0.4 is 19.9 Å². The average Bonchev–Trinajstić information content (AvgIpc) is 3.41. The van der Waals surface area contributed by atoms with Crippen molar-refractivity contribution in [2.45, 2.75) is 38.3 Å². The number of halogens is 1. The molecule has 1 amide bonds. The maximum Gasteiger partial charge on any atom is 0.319 e. The molecule has 1 aromatic carbocycles. The second kappa shape index (κ2) is 9.53. The molecule has 6 rings (SSSR count). The third kappa shape index (κ3) is 3.97. The van der Waals surface area contributed by atoms with Crippen molar-refractivity contribution in [2.75, 3.05) is 19.1 Å². The molecule has 10 nitrogen and oxygen atoms in total. The highest BCUT2D eigenvalue weighted by Crippen LogP contribution is 2.48. The highest BCUT2D eigenvalue weighted by Gasteiger charge is 2.46. The minimum atomic E-state index is -0.492. The standard InChI is InChI=1S/C28H27ClN6O4/c1-15-12-19(14-33(2)26(15)36)35-22(16-8-10-17(29)11-9-16)23-21(27(35)37)31-24(34(23)18-6-5-7-18)20-13-30-28(39-4)32-25(20)38-3/h8-14,18,22H,5-7H2,1-4H3. The third-order valence-corrected chi connectivity index (χ3v) is 7.74. The highest BCUT2D eigenvalue weighted by molar-refractivity contribution is 6.30. The number of anilines is 1. The molecule has 2 aliphatic rings. The Kier molecular flexibility index (Phi) is 6.14. The van der Waals surface area contributed by atoms with Crippen molar-refractivity contribution in [1.29, 1.82) is 0 Å². The molecule has 0 N–H and O–H groups in total. The van der Waals surface area contributed by atoms with Gasteiger partial charge < -0.3 is 18.6 Å². The lowest BCUT2D eigenvalue weighted by Gasteiger charge is -2.33. The quantitative estimate of drug-likeness (QED) is 0.351. The minimum Gasteiger partial charge on any atom is -0.480 e. The number of benzene rings is 1. The van der Waals surface area contributed by atoms with Gasteiger partial charge in [-0.3, -0.25) is 14.5 Å². The minimum absolute atomic E-state index is 0.114. The van der Waals surface area contributed by atoms with Gasteiger partial charge in [0.15, 0.2) is 5.69 Å². The summed E-state index contributed by atoms with van der Waals surface area (Å²) in [5, 5.41) is 0.598. The van der Waals surface area contributed by atoms with E-state index in [0.29, 0.717) is 39.2 Å². The first kappa shape index (κ1) is 25.1. The van der Waals surface area contributed by atoms with Crippen LogP contribution in [-0.2, 0) is 7.05 Å². The number of methoxy groups -OCH3 is 2. The molecule has 4 heterocycles. The number of amides is 1. The molecule has 200 valence electrons. The molecule has 1 aliphatic heterocycles. The molecule has 1 aliphatic carbocycles. The first-order valence-corrected chi connectivity index (χ1v) is 13.0. The molecule has 1 saturated carbocycles. The molecule has 4 aromatic rings. The zero-order valence-corrected chi connectivity index (χ0v) is 22.8. The van der Waals surface area contributed by atoms with Crippen molar-refractivity contribution in [3.63, 3.8) is 0 Å². The van der Waals surface area contributed by atoms with Crippen molar-refractivity contribution in [1.82, 2.24) is 24.1 Å². The number of carbonyl (C=O) groups is 1. The van der Waals surface area contributed by atoms with Gasteiger partial charge >= 0.3 is 6.01 Å². The van der Waals surface area contributed by atoms with E-state index in [1.165, 1.54) is 18.8 Å². The van der Waals surface area contributed by atoms with Gasteiger partial charge in [0.05, 0.1) is 31.2 Å². The Morgan fingerprint density at radius 3 is 2.41 bits per heavy atom. The molecule has 3 aromatic heterocycles. The van der Waals surface area contributed by atoms with Crippen LogP contribution in [-0.4, -0.2) is 44.2 Å². The molecule has 11 heteroatoms. The monoisotopic (exact) mass is 546 g/mol. The van der Waals surface area contributed by atoms with Gasteiger partial charge in [-0.15, -0.1) is 0 Å². The van der Waals surface area contributed by atoms with Gasteiger partial charge in [-0.05, 0) is 49.9 Å². The normalized spacial score (nSPS) is 16.8. The van der Waals surface area contributed by atoms with E-state index >= 15 is 0 Å². The lowest BCUT2D eigenvalue weighted by molar-refractivity contribution is 0.0989. The van der Waals surface area contributed by atoms with Gasteiger partial charge in [-0.2, -0.15) is 4.98 Å². The van der Waals surface area contributed by atoms with Crippen LogP contribution in [0.15, 0.2) is 47.5 Å². The second-order valence-corrected chi connectivity index (χ2v) is 10.3. The van der Waals surface area contributed by atoms with Crippen LogP contribution in [0.4, 0.5) is 5.69 Å². The number of hydrogen-bond donors (Lipinski definition) is 0. The Labute approximate surface area is 229 Å². The van der Waals surface area contributed by atoms with E-state index in [1.54, 1.807) is 37.3 Å². The number of hydrogen-bond acceptors (Lipinski definition) is 7. The molecular formula is C28H27ClN6O4. The number of aromatic nitrogens is 5. The maximum absolute atomic E-state index is 14.2. The Morgan fingerprint density at radius 2 is 1.79 bits per heavy atom. The Balaban J connectivity index is 1.61. The van der Waals surface area contributed by atoms with Crippen molar-refractivity contribution < 1.29 is 14.3 Å². The van der Waals surface area contributed by atoms with Crippen LogP contribution in [0.5, 0.6) is 11.9 Å². The number of fused-ring (bicyclic) bond motifs is 1. The number of ether oxygens (including phenoxy) is 2. The number of carbonyl (C=O) groups excluding carboxylic acids is 1. The Morgan fingerprint density at radius 1 is 1.05 bits per heavy atom.